The van der Waals surface area contributed by atoms with Gasteiger partial charge in [0.1, 0.15) is 11.6 Å². The molecule has 3 fully saturated rings. The van der Waals surface area contributed by atoms with Crippen LogP contribution in [0.2, 0.25) is 0 Å². The molecule has 1 aromatic heterocycles. The first-order valence-electron chi connectivity index (χ1n) is 17.2. The van der Waals surface area contributed by atoms with Crippen molar-refractivity contribution < 1.29 is 33.5 Å². The summed E-state index contributed by atoms with van der Waals surface area (Å²) in [6.07, 6.45) is 7.81. The lowest BCUT2D eigenvalue weighted by molar-refractivity contribution is -0.156. The van der Waals surface area contributed by atoms with Crippen LogP contribution in [-0.4, -0.2) is 104 Å². The number of carbonyl (C=O) groups excluding carboxylic acids is 6. The van der Waals surface area contributed by atoms with Crippen molar-refractivity contribution in [2.75, 3.05) is 38.0 Å². The van der Waals surface area contributed by atoms with E-state index in [1.54, 1.807) is 24.4 Å². The van der Waals surface area contributed by atoms with E-state index in [4.69, 9.17) is 4.74 Å². The topological polar surface area (TPSA) is 163 Å². The molecule has 1 atom stereocenters. The third kappa shape index (κ3) is 7.85. The van der Waals surface area contributed by atoms with Gasteiger partial charge in [0.2, 0.25) is 17.7 Å². The van der Waals surface area contributed by atoms with Crippen molar-refractivity contribution in [3.8, 4) is 0 Å². The van der Waals surface area contributed by atoms with Crippen LogP contribution < -0.4 is 10.6 Å². The van der Waals surface area contributed by atoms with Crippen LogP contribution in [0.4, 0.5) is 5.69 Å². The standard InChI is InChI=1S/C35H45N7O7/c1-35(2,3)49-30(45)21-39-13-9-22(10-14-39)17-29(44)40-15-11-24(12-16-40)41-20-23(19-37-41)18-36-26-6-4-5-25-31(26)34(48)42(33(25)47)27-7-8-28(43)38-32(27)46/h4-6,19-20,22,24,27,36H,7-18,21H2,1-3H3,(H,38,43,46). The van der Waals surface area contributed by atoms with Gasteiger partial charge in [-0.2, -0.15) is 5.10 Å². The SMILES string of the molecule is CC(C)(C)OC(=O)CN1CCC(CC(=O)N2CCC(n3cc(CNc4cccc5c4C(=O)N(C4CCC(=O)NC4=O)C5=O)cn3)CC2)CC1. The Morgan fingerprint density at radius 2 is 1.71 bits per heavy atom. The van der Waals surface area contributed by atoms with Gasteiger partial charge >= 0.3 is 5.97 Å². The molecule has 2 aromatic rings. The molecule has 5 heterocycles. The number of esters is 1. The first-order valence-corrected chi connectivity index (χ1v) is 17.2. The van der Waals surface area contributed by atoms with Crippen LogP contribution in [0.15, 0.2) is 30.6 Å². The van der Waals surface area contributed by atoms with Crippen molar-refractivity contribution in [2.24, 2.45) is 5.92 Å². The Morgan fingerprint density at radius 1 is 0.980 bits per heavy atom. The number of piperidine rings is 3. The van der Waals surface area contributed by atoms with E-state index in [2.05, 4.69) is 20.6 Å². The first kappa shape index (κ1) is 34.3. The number of carbonyl (C=O) groups is 6. The predicted octanol–water partition coefficient (Wildman–Crippen LogP) is 2.50. The first-order chi connectivity index (χ1) is 23.4. The summed E-state index contributed by atoms with van der Waals surface area (Å²) in [7, 11) is 0. The number of aromatic nitrogens is 2. The maximum Gasteiger partial charge on any atom is 0.320 e. The van der Waals surface area contributed by atoms with Crippen LogP contribution in [0.25, 0.3) is 0 Å². The lowest BCUT2D eigenvalue weighted by Crippen LogP contribution is -2.54. The molecule has 0 radical (unpaired) electrons. The highest BCUT2D eigenvalue weighted by molar-refractivity contribution is 6.25. The highest BCUT2D eigenvalue weighted by Crippen LogP contribution is 2.33. The monoisotopic (exact) mass is 675 g/mol. The summed E-state index contributed by atoms with van der Waals surface area (Å²) < 4.78 is 7.38. The average Bonchev–Trinajstić information content (AvgIpc) is 3.63. The lowest BCUT2D eigenvalue weighted by Gasteiger charge is -2.35. The minimum absolute atomic E-state index is 0.0631. The largest absolute Gasteiger partial charge is 0.459 e. The normalized spacial score (nSPS) is 21.2. The van der Waals surface area contributed by atoms with Gasteiger partial charge in [0, 0.05) is 49.9 Å². The fraction of sp³-hybridized carbons (Fsp3) is 0.571. The molecule has 3 saturated heterocycles. The summed E-state index contributed by atoms with van der Waals surface area (Å²) in [4.78, 5) is 80.9. The Labute approximate surface area is 285 Å². The van der Waals surface area contributed by atoms with Gasteiger partial charge in [0.05, 0.1) is 29.9 Å². The number of fused-ring (bicyclic) bond motifs is 1. The molecule has 14 nitrogen and oxygen atoms in total. The van der Waals surface area contributed by atoms with E-state index in [1.807, 2.05) is 36.5 Å². The van der Waals surface area contributed by atoms with Crippen LogP contribution in [0, 0.1) is 5.92 Å². The predicted molar refractivity (Wildman–Crippen MR) is 177 cm³/mol. The van der Waals surface area contributed by atoms with Crippen molar-refractivity contribution in [2.45, 2.75) is 89.9 Å². The van der Waals surface area contributed by atoms with Crippen LogP contribution >= 0.6 is 0 Å². The van der Waals surface area contributed by atoms with Gasteiger partial charge in [-0.3, -0.25) is 48.6 Å². The Morgan fingerprint density at radius 3 is 2.41 bits per heavy atom. The van der Waals surface area contributed by atoms with Crippen LogP contribution in [0.5, 0.6) is 0 Å². The van der Waals surface area contributed by atoms with E-state index in [0.29, 0.717) is 37.7 Å². The van der Waals surface area contributed by atoms with Crippen LogP contribution in [0.1, 0.15) is 98.0 Å². The number of nitrogens with zero attached hydrogens (tertiary/aromatic N) is 5. The van der Waals surface area contributed by atoms with Crippen molar-refractivity contribution in [3.63, 3.8) is 0 Å². The number of ether oxygens (including phenoxy) is 1. The fourth-order valence-electron chi connectivity index (χ4n) is 7.19. The maximum absolute atomic E-state index is 13.4. The Bertz CT molecular complexity index is 1630. The number of anilines is 1. The summed E-state index contributed by atoms with van der Waals surface area (Å²) in [5.74, 6) is -1.86. The summed E-state index contributed by atoms with van der Waals surface area (Å²) in [5.41, 5.74) is 1.33. The van der Waals surface area contributed by atoms with Gasteiger partial charge < -0.3 is 15.0 Å². The van der Waals surface area contributed by atoms with Gasteiger partial charge in [-0.05, 0) is 84.0 Å². The molecule has 1 unspecified atom stereocenters. The van der Waals surface area contributed by atoms with E-state index in [-0.39, 0.29) is 48.4 Å². The number of likely N-dealkylation sites (tertiary alicyclic amines) is 2. The van der Waals surface area contributed by atoms with E-state index in [0.717, 1.165) is 49.2 Å². The van der Waals surface area contributed by atoms with Gasteiger partial charge in [-0.15, -0.1) is 0 Å². The second kappa shape index (κ2) is 14.1. The van der Waals surface area contributed by atoms with Crippen molar-refractivity contribution >= 4 is 41.2 Å². The quantitative estimate of drug-likeness (QED) is 0.298. The average molecular weight is 676 g/mol. The van der Waals surface area contributed by atoms with E-state index >= 15 is 0 Å². The number of benzene rings is 1. The molecule has 6 rings (SSSR count). The highest BCUT2D eigenvalue weighted by Gasteiger charge is 2.45. The second-order valence-corrected chi connectivity index (χ2v) is 14.5. The molecule has 4 aliphatic heterocycles. The number of imide groups is 2. The minimum atomic E-state index is -1.02. The second-order valence-electron chi connectivity index (χ2n) is 14.5. The zero-order chi connectivity index (χ0) is 34.9. The molecular weight excluding hydrogens is 630 g/mol. The zero-order valence-electron chi connectivity index (χ0n) is 28.4. The molecule has 0 bridgehead atoms. The highest BCUT2D eigenvalue weighted by atomic mass is 16.6. The summed E-state index contributed by atoms with van der Waals surface area (Å²) in [6.45, 7) is 9.18. The molecule has 2 N–H and O–H groups in total. The zero-order valence-corrected chi connectivity index (χ0v) is 28.4. The third-order valence-corrected chi connectivity index (χ3v) is 9.74. The minimum Gasteiger partial charge on any atom is -0.459 e. The molecule has 14 heteroatoms. The molecule has 1 aromatic carbocycles. The number of amides is 5. The molecule has 5 amide bonds. The van der Waals surface area contributed by atoms with Crippen molar-refractivity contribution in [1.82, 2.24) is 29.8 Å². The van der Waals surface area contributed by atoms with Gasteiger partial charge in [0.25, 0.3) is 11.8 Å². The van der Waals surface area contributed by atoms with Crippen molar-refractivity contribution in [1.29, 1.82) is 0 Å². The Balaban J connectivity index is 0.961. The molecular formula is C35H45N7O7. The number of rotatable bonds is 9. The van der Waals surface area contributed by atoms with Crippen molar-refractivity contribution in [3.05, 3.63) is 47.3 Å². The Hall–Kier alpha value is -4.59. The van der Waals surface area contributed by atoms with E-state index in [1.165, 1.54) is 0 Å². The number of hydrogen-bond acceptors (Lipinski definition) is 10. The lowest BCUT2D eigenvalue weighted by atomic mass is 9.92. The van der Waals surface area contributed by atoms with Crippen LogP contribution in [-0.2, 0) is 30.5 Å². The number of hydrogen-bond donors (Lipinski definition) is 2. The molecule has 0 aliphatic carbocycles. The van der Waals surface area contributed by atoms with Gasteiger partial charge in [0.15, 0.2) is 0 Å². The Kier molecular flexibility index (Phi) is 9.87. The molecule has 49 heavy (non-hydrogen) atoms. The molecule has 262 valence electrons. The third-order valence-electron chi connectivity index (χ3n) is 9.74. The molecule has 0 saturated carbocycles. The van der Waals surface area contributed by atoms with Gasteiger partial charge in [-0.1, -0.05) is 6.07 Å². The van der Waals surface area contributed by atoms with E-state index in [9.17, 15) is 28.8 Å². The molecule has 4 aliphatic rings. The fourth-order valence-corrected chi connectivity index (χ4v) is 7.19. The van der Waals surface area contributed by atoms with Crippen LogP contribution in [0.3, 0.4) is 0 Å². The smallest absolute Gasteiger partial charge is 0.320 e. The maximum atomic E-state index is 13.4. The molecule has 0 spiro atoms. The van der Waals surface area contributed by atoms with Gasteiger partial charge in [-0.25, -0.2) is 0 Å². The number of nitrogens with one attached hydrogen (secondary N) is 2. The van der Waals surface area contributed by atoms with E-state index < -0.39 is 35.3 Å². The summed E-state index contributed by atoms with van der Waals surface area (Å²) >= 11 is 0. The summed E-state index contributed by atoms with van der Waals surface area (Å²) in [6, 6.07) is 4.13. The summed E-state index contributed by atoms with van der Waals surface area (Å²) in [5, 5.41) is 10.1.